The van der Waals surface area contributed by atoms with Gasteiger partial charge in [0.15, 0.2) is 0 Å². The van der Waals surface area contributed by atoms with Gasteiger partial charge in [-0.15, -0.1) is 0 Å². The lowest BCUT2D eigenvalue weighted by molar-refractivity contribution is -0.138. The van der Waals surface area contributed by atoms with Gasteiger partial charge in [0.25, 0.3) is 0 Å². The van der Waals surface area contributed by atoms with Crippen LogP contribution in [0, 0.1) is 0 Å². The molecule has 1 aliphatic heterocycles. The molecule has 0 aliphatic carbocycles. The molecule has 0 saturated carbocycles. The van der Waals surface area contributed by atoms with Gasteiger partial charge >= 0.3 is 0 Å². The van der Waals surface area contributed by atoms with Crippen molar-refractivity contribution in [3.05, 3.63) is 60.2 Å². The summed E-state index contributed by atoms with van der Waals surface area (Å²) in [5.41, 5.74) is 1.54. The van der Waals surface area contributed by atoms with Crippen molar-refractivity contribution in [1.29, 1.82) is 0 Å². The second-order valence-electron chi connectivity index (χ2n) is 7.13. The van der Waals surface area contributed by atoms with Crippen molar-refractivity contribution in [2.45, 2.75) is 32.2 Å². The van der Waals surface area contributed by atoms with Crippen LogP contribution in [0.15, 0.2) is 54.6 Å². The maximum atomic E-state index is 12.6. The van der Waals surface area contributed by atoms with E-state index in [-0.39, 0.29) is 30.7 Å². The van der Waals surface area contributed by atoms with Gasteiger partial charge in [-0.05, 0) is 49.6 Å². The molecule has 1 atom stereocenters. The zero-order chi connectivity index (χ0) is 21.3. The van der Waals surface area contributed by atoms with E-state index in [1.54, 1.807) is 29.2 Å². The van der Waals surface area contributed by atoms with Crippen LogP contribution >= 0.6 is 0 Å². The summed E-state index contributed by atoms with van der Waals surface area (Å²) in [4.78, 5) is 39.0. The molecule has 1 aliphatic rings. The molecule has 30 heavy (non-hydrogen) atoms. The molecule has 1 fully saturated rings. The van der Waals surface area contributed by atoms with Crippen LogP contribution in [0.25, 0.3) is 0 Å². The normalized spacial score (nSPS) is 15.5. The van der Waals surface area contributed by atoms with E-state index in [4.69, 9.17) is 4.74 Å². The molecule has 3 amide bonds. The first kappa shape index (κ1) is 21.4. The zero-order valence-electron chi connectivity index (χ0n) is 17.1. The Hall–Kier alpha value is -3.35. The van der Waals surface area contributed by atoms with E-state index in [2.05, 4.69) is 10.6 Å². The number of hydrogen-bond acceptors (Lipinski definition) is 4. The van der Waals surface area contributed by atoms with Crippen molar-refractivity contribution in [3.63, 3.8) is 0 Å². The maximum absolute atomic E-state index is 12.6. The number of amides is 3. The van der Waals surface area contributed by atoms with Crippen LogP contribution in [0.4, 0.5) is 5.69 Å². The van der Waals surface area contributed by atoms with E-state index in [1.807, 2.05) is 37.3 Å². The predicted molar refractivity (Wildman–Crippen MR) is 114 cm³/mol. The highest BCUT2D eigenvalue weighted by Gasteiger charge is 2.33. The Morgan fingerprint density at radius 3 is 2.50 bits per heavy atom. The minimum absolute atomic E-state index is 0.0716. The summed E-state index contributed by atoms with van der Waals surface area (Å²) in [7, 11) is 0. The first-order valence-electron chi connectivity index (χ1n) is 10.2. The lowest BCUT2D eigenvalue weighted by Crippen LogP contribution is -2.48. The van der Waals surface area contributed by atoms with E-state index in [0.717, 1.165) is 17.7 Å². The number of nitrogens with one attached hydrogen (secondary N) is 2. The summed E-state index contributed by atoms with van der Waals surface area (Å²) in [6.45, 7) is 2.88. The fourth-order valence-corrected chi connectivity index (χ4v) is 3.50. The SMILES string of the molecule is CCOc1ccc(NC(=O)CNC(=O)C2CCCN2C(=O)Cc2ccccc2)cc1. The molecular formula is C23H27N3O4. The summed E-state index contributed by atoms with van der Waals surface area (Å²) >= 11 is 0. The lowest BCUT2D eigenvalue weighted by Gasteiger charge is -2.24. The van der Waals surface area contributed by atoms with Gasteiger partial charge in [-0.1, -0.05) is 30.3 Å². The van der Waals surface area contributed by atoms with Gasteiger partial charge < -0.3 is 20.3 Å². The number of hydrogen-bond donors (Lipinski definition) is 2. The molecule has 1 heterocycles. The molecule has 0 spiro atoms. The lowest BCUT2D eigenvalue weighted by atomic mass is 10.1. The highest BCUT2D eigenvalue weighted by molar-refractivity contribution is 5.96. The minimum atomic E-state index is -0.528. The van der Waals surface area contributed by atoms with Gasteiger partial charge in [0.2, 0.25) is 17.7 Å². The second-order valence-corrected chi connectivity index (χ2v) is 7.13. The molecule has 0 radical (unpaired) electrons. The van der Waals surface area contributed by atoms with Crippen molar-refractivity contribution in [2.75, 3.05) is 25.0 Å². The smallest absolute Gasteiger partial charge is 0.243 e. The maximum Gasteiger partial charge on any atom is 0.243 e. The molecule has 3 rings (SSSR count). The number of carbonyl (C=O) groups excluding carboxylic acids is 3. The largest absolute Gasteiger partial charge is 0.494 e. The summed E-state index contributed by atoms with van der Waals surface area (Å²) in [5, 5.41) is 5.39. The van der Waals surface area contributed by atoms with Crippen LogP contribution in [0.3, 0.4) is 0 Å². The van der Waals surface area contributed by atoms with E-state index in [1.165, 1.54) is 0 Å². The van der Waals surface area contributed by atoms with Crippen molar-refractivity contribution < 1.29 is 19.1 Å². The molecule has 1 unspecified atom stereocenters. The number of ether oxygens (including phenoxy) is 1. The average Bonchev–Trinajstić information content (AvgIpc) is 3.25. The van der Waals surface area contributed by atoms with E-state index in [0.29, 0.717) is 25.3 Å². The average molecular weight is 409 g/mol. The van der Waals surface area contributed by atoms with Crippen LogP contribution in [0.1, 0.15) is 25.3 Å². The minimum Gasteiger partial charge on any atom is -0.494 e. The molecule has 7 nitrogen and oxygen atoms in total. The van der Waals surface area contributed by atoms with Crippen LogP contribution in [-0.2, 0) is 20.8 Å². The monoisotopic (exact) mass is 409 g/mol. The second kappa shape index (κ2) is 10.4. The molecule has 2 N–H and O–H groups in total. The topological polar surface area (TPSA) is 87.7 Å². The fourth-order valence-electron chi connectivity index (χ4n) is 3.50. The van der Waals surface area contributed by atoms with Gasteiger partial charge in [0.1, 0.15) is 11.8 Å². The van der Waals surface area contributed by atoms with E-state index >= 15 is 0 Å². The molecule has 2 aromatic rings. The number of anilines is 1. The fraction of sp³-hybridized carbons (Fsp3) is 0.348. The Bertz CT molecular complexity index is 868. The Kier molecular flexibility index (Phi) is 7.43. The zero-order valence-corrected chi connectivity index (χ0v) is 17.1. The third kappa shape index (κ3) is 5.83. The van der Waals surface area contributed by atoms with Gasteiger partial charge in [-0.2, -0.15) is 0 Å². The van der Waals surface area contributed by atoms with Gasteiger partial charge in [0.05, 0.1) is 19.6 Å². The van der Waals surface area contributed by atoms with Crippen molar-refractivity contribution in [1.82, 2.24) is 10.2 Å². The molecule has 7 heteroatoms. The third-order valence-electron chi connectivity index (χ3n) is 4.95. The number of nitrogens with zero attached hydrogens (tertiary/aromatic N) is 1. The summed E-state index contributed by atoms with van der Waals surface area (Å²) in [6, 6.07) is 16.0. The first-order chi connectivity index (χ1) is 14.6. The molecule has 1 saturated heterocycles. The molecule has 2 aromatic carbocycles. The van der Waals surface area contributed by atoms with Gasteiger partial charge in [0, 0.05) is 12.2 Å². The Labute approximate surface area is 176 Å². The van der Waals surface area contributed by atoms with Crippen LogP contribution in [0.2, 0.25) is 0 Å². The predicted octanol–water partition coefficient (Wildman–Crippen LogP) is 2.37. The van der Waals surface area contributed by atoms with Gasteiger partial charge in [-0.25, -0.2) is 0 Å². The Morgan fingerprint density at radius 1 is 1.07 bits per heavy atom. The number of rotatable bonds is 8. The quantitative estimate of drug-likeness (QED) is 0.701. The Morgan fingerprint density at radius 2 is 1.80 bits per heavy atom. The standard InChI is InChI=1S/C23H27N3O4/c1-2-30-19-12-10-18(11-13-19)25-21(27)16-24-23(29)20-9-6-14-26(20)22(28)15-17-7-4-3-5-8-17/h3-5,7-8,10-13,20H,2,6,9,14-16H2,1H3,(H,24,29)(H,25,27). The van der Waals surface area contributed by atoms with Crippen LogP contribution in [-0.4, -0.2) is 48.4 Å². The van der Waals surface area contributed by atoms with Gasteiger partial charge in [-0.3, -0.25) is 14.4 Å². The highest BCUT2D eigenvalue weighted by atomic mass is 16.5. The number of likely N-dealkylation sites (tertiary alicyclic amines) is 1. The van der Waals surface area contributed by atoms with E-state index < -0.39 is 6.04 Å². The van der Waals surface area contributed by atoms with Crippen molar-refractivity contribution in [3.8, 4) is 5.75 Å². The summed E-state index contributed by atoms with van der Waals surface area (Å²) in [6.07, 6.45) is 1.65. The summed E-state index contributed by atoms with van der Waals surface area (Å²) in [5.74, 6) is 0.0337. The number of benzene rings is 2. The summed E-state index contributed by atoms with van der Waals surface area (Å²) < 4.78 is 5.37. The number of carbonyl (C=O) groups is 3. The molecular weight excluding hydrogens is 382 g/mol. The molecule has 0 bridgehead atoms. The Balaban J connectivity index is 1.48. The molecule has 0 aromatic heterocycles. The van der Waals surface area contributed by atoms with E-state index in [9.17, 15) is 14.4 Å². The first-order valence-corrected chi connectivity index (χ1v) is 10.2. The highest BCUT2D eigenvalue weighted by Crippen LogP contribution is 2.19. The van der Waals surface area contributed by atoms with Crippen LogP contribution < -0.4 is 15.4 Å². The third-order valence-corrected chi connectivity index (χ3v) is 4.95. The van der Waals surface area contributed by atoms with Crippen molar-refractivity contribution in [2.24, 2.45) is 0 Å². The van der Waals surface area contributed by atoms with Crippen molar-refractivity contribution >= 4 is 23.4 Å². The van der Waals surface area contributed by atoms with Crippen LogP contribution in [0.5, 0.6) is 5.75 Å². The molecule has 158 valence electrons.